The van der Waals surface area contributed by atoms with E-state index in [1.54, 1.807) is 0 Å². The summed E-state index contributed by atoms with van der Waals surface area (Å²) in [7, 11) is 0. The van der Waals surface area contributed by atoms with Crippen molar-refractivity contribution in [2.45, 2.75) is 6.92 Å². The number of hydrogen-bond donors (Lipinski definition) is 1. The SMILES string of the molecule is Cc1cc2c(Br)cccc2[nH]1. The minimum Gasteiger partial charge on any atom is -0.359 e. The van der Waals surface area contributed by atoms with Crippen LogP contribution in [0.5, 0.6) is 0 Å². The fourth-order valence-corrected chi connectivity index (χ4v) is 1.74. The van der Waals surface area contributed by atoms with Crippen LogP contribution in [0.4, 0.5) is 0 Å². The van der Waals surface area contributed by atoms with Gasteiger partial charge in [0.25, 0.3) is 0 Å². The van der Waals surface area contributed by atoms with Crippen LogP contribution in [-0.2, 0) is 0 Å². The van der Waals surface area contributed by atoms with Crippen molar-refractivity contribution in [2.24, 2.45) is 0 Å². The number of nitrogens with one attached hydrogen (secondary N) is 1. The number of benzene rings is 1. The van der Waals surface area contributed by atoms with Gasteiger partial charge in [0.2, 0.25) is 0 Å². The van der Waals surface area contributed by atoms with Crippen molar-refractivity contribution >= 4 is 26.8 Å². The van der Waals surface area contributed by atoms with Crippen LogP contribution in [0.25, 0.3) is 10.9 Å². The predicted octanol–water partition coefficient (Wildman–Crippen LogP) is 3.24. The average molecular weight is 210 g/mol. The lowest BCUT2D eigenvalue weighted by atomic mass is 10.2. The summed E-state index contributed by atoms with van der Waals surface area (Å²) < 4.78 is 1.15. The summed E-state index contributed by atoms with van der Waals surface area (Å²) in [5, 5.41) is 1.25. The highest BCUT2D eigenvalue weighted by molar-refractivity contribution is 9.10. The molecule has 11 heavy (non-hydrogen) atoms. The molecule has 2 heteroatoms. The Morgan fingerprint density at radius 2 is 2.18 bits per heavy atom. The van der Waals surface area contributed by atoms with Crippen LogP contribution in [0.1, 0.15) is 5.69 Å². The number of aromatic amines is 1. The Morgan fingerprint density at radius 1 is 1.36 bits per heavy atom. The van der Waals surface area contributed by atoms with E-state index in [-0.39, 0.29) is 0 Å². The Morgan fingerprint density at radius 3 is 2.91 bits per heavy atom. The Labute approximate surface area is 73.6 Å². The van der Waals surface area contributed by atoms with E-state index in [4.69, 9.17) is 0 Å². The second-order valence-electron chi connectivity index (χ2n) is 2.65. The normalized spacial score (nSPS) is 10.7. The lowest BCUT2D eigenvalue weighted by Gasteiger charge is -1.90. The molecular weight excluding hydrogens is 202 g/mol. The first-order chi connectivity index (χ1) is 5.27. The van der Waals surface area contributed by atoms with E-state index in [9.17, 15) is 0 Å². The number of hydrogen-bond acceptors (Lipinski definition) is 0. The number of halogens is 1. The Bertz CT molecular complexity index is 389. The smallest absolute Gasteiger partial charge is 0.0467 e. The molecule has 1 N–H and O–H groups in total. The summed E-state index contributed by atoms with van der Waals surface area (Å²) in [6, 6.07) is 8.30. The highest BCUT2D eigenvalue weighted by atomic mass is 79.9. The van der Waals surface area contributed by atoms with Gasteiger partial charge in [-0.2, -0.15) is 0 Å². The third-order valence-corrected chi connectivity index (χ3v) is 2.44. The minimum atomic E-state index is 1.15. The quantitative estimate of drug-likeness (QED) is 0.686. The molecule has 1 aromatic heterocycles. The van der Waals surface area contributed by atoms with Gasteiger partial charge < -0.3 is 4.98 Å². The van der Waals surface area contributed by atoms with Crippen LogP contribution >= 0.6 is 15.9 Å². The molecule has 1 heterocycles. The third kappa shape index (κ3) is 1.07. The summed E-state index contributed by atoms with van der Waals surface area (Å²) in [4.78, 5) is 3.27. The van der Waals surface area contributed by atoms with E-state index in [2.05, 4.69) is 46.0 Å². The molecule has 1 nitrogen and oxygen atoms in total. The first-order valence-electron chi connectivity index (χ1n) is 3.51. The molecule has 0 aliphatic heterocycles. The van der Waals surface area contributed by atoms with Gasteiger partial charge in [0.05, 0.1) is 0 Å². The van der Waals surface area contributed by atoms with Crippen LogP contribution in [0.2, 0.25) is 0 Å². The molecule has 0 saturated carbocycles. The Kier molecular flexibility index (Phi) is 1.50. The van der Waals surface area contributed by atoms with Crippen LogP contribution in [0.15, 0.2) is 28.7 Å². The second kappa shape index (κ2) is 2.38. The number of rotatable bonds is 0. The van der Waals surface area contributed by atoms with Crippen molar-refractivity contribution in [2.75, 3.05) is 0 Å². The first-order valence-corrected chi connectivity index (χ1v) is 4.30. The summed E-state index contributed by atoms with van der Waals surface area (Å²) >= 11 is 3.49. The molecule has 0 amide bonds. The number of fused-ring (bicyclic) bond motifs is 1. The van der Waals surface area contributed by atoms with Gasteiger partial charge >= 0.3 is 0 Å². The molecule has 0 aliphatic carbocycles. The van der Waals surface area contributed by atoms with Crippen LogP contribution < -0.4 is 0 Å². The third-order valence-electron chi connectivity index (χ3n) is 1.75. The Hall–Kier alpha value is -0.760. The first kappa shape index (κ1) is 6.92. The van der Waals surface area contributed by atoms with Gasteiger partial charge in [-0.1, -0.05) is 22.0 Å². The van der Waals surface area contributed by atoms with Gasteiger partial charge in [-0.05, 0) is 25.1 Å². The summed E-state index contributed by atoms with van der Waals surface area (Å²) in [6.45, 7) is 2.06. The van der Waals surface area contributed by atoms with Crippen molar-refractivity contribution in [1.29, 1.82) is 0 Å². The van der Waals surface area contributed by atoms with Crippen molar-refractivity contribution in [3.05, 3.63) is 34.4 Å². The largest absolute Gasteiger partial charge is 0.359 e. The van der Waals surface area contributed by atoms with E-state index in [0.29, 0.717) is 0 Å². The van der Waals surface area contributed by atoms with Gasteiger partial charge in [0.1, 0.15) is 0 Å². The fraction of sp³-hybridized carbons (Fsp3) is 0.111. The molecule has 0 saturated heterocycles. The molecule has 0 bridgehead atoms. The number of aryl methyl sites for hydroxylation is 1. The average Bonchev–Trinajstić information content (AvgIpc) is 2.31. The van der Waals surface area contributed by atoms with E-state index >= 15 is 0 Å². The predicted molar refractivity (Wildman–Crippen MR) is 50.7 cm³/mol. The molecule has 1 aromatic carbocycles. The van der Waals surface area contributed by atoms with Crippen molar-refractivity contribution in [3.63, 3.8) is 0 Å². The van der Waals surface area contributed by atoms with E-state index < -0.39 is 0 Å². The highest BCUT2D eigenvalue weighted by Crippen LogP contribution is 2.23. The van der Waals surface area contributed by atoms with Crippen molar-refractivity contribution in [3.8, 4) is 0 Å². The molecular formula is C9H8BrN. The second-order valence-corrected chi connectivity index (χ2v) is 3.51. The van der Waals surface area contributed by atoms with Crippen LogP contribution in [0.3, 0.4) is 0 Å². The van der Waals surface area contributed by atoms with Crippen molar-refractivity contribution < 1.29 is 0 Å². The zero-order chi connectivity index (χ0) is 7.84. The molecule has 0 aliphatic rings. The maximum atomic E-state index is 3.49. The van der Waals surface area contributed by atoms with Gasteiger partial charge in [-0.25, -0.2) is 0 Å². The monoisotopic (exact) mass is 209 g/mol. The van der Waals surface area contributed by atoms with Gasteiger partial charge in [-0.3, -0.25) is 0 Å². The van der Waals surface area contributed by atoms with Gasteiger partial charge in [0.15, 0.2) is 0 Å². The van der Waals surface area contributed by atoms with E-state index in [0.717, 1.165) is 4.47 Å². The molecule has 0 radical (unpaired) electrons. The zero-order valence-electron chi connectivity index (χ0n) is 6.19. The van der Waals surface area contributed by atoms with Crippen LogP contribution in [-0.4, -0.2) is 4.98 Å². The van der Waals surface area contributed by atoms with Gasteiger partial charge in [0, 0.05) is 21.1 Å². The molecule has 0 fully saturated rings. The maximum Gasteiger partial charge on any atom is 0.0467 e. The van der Waals surface area contributed by atoms with E-state index in [1.807, 2.05) is 6.07 Å². The fourth-order valence-electron chi connectivity index (χ4n) is 1.26. The summed E-state index contributed by atoms with van der Waals surface area (Å²) in [5.41, 5.74) is 2.39. The standard InChI is InChI=1S/C9H8BrN/c1-6-5-7-8(10)3-2-4-9(7)11-6/h2-5,11H,1H3. The van der Waals surface area contributed by atoms with Crippen LogP contribution in [0, 0.1) is 6.92 Å². The molecule has 56 valence electrons. The number of H-pyrrole nitrogens is 1. The lowest BCUT2D eigenvalue weighted by Crippen LogP contribution is -1.67. The summed E-state index contributed by atoms with van der Waals surface area (Å²) in [6.07, 6.45) is 0. The molecule has 0 atom stereocenters. The molecule has 0 spiro atoms. The van der Waals surface area contributed by atoms with Crippen molar-refractivity contribution in [1.82, 2.24) is 4.98 Å². The topological polar surface area (TPSA) is 15.8 Å². The molecule has 2 rings (SSSR count). The molecule has 2 aromatic rings. The van der Waals surface area contributed by atoms with E-state index in [1.165, 1.54) is 16.6 Å². The summed E-state index contributed by atoms with van der Waals surface area (Å²) in [5.74, 6) is 0. The molecule has 0 unspecified atom stereocenters. The lowest BCUT2D eigenvalue weighted by molar-refractivity contribution is 1.30. The minimum absolute atomic E-state index is 1.15. The van der Waals surface area contributed by atoms with Gasteiger partial charge in [-0.15, -0.1) is 0 Å². The Balaban J connectivity index is 2.90. The zero-order valence-corrected chi connectivity index (χ0v) is 7.77. The highest BCUT2D eigenvalue weighted by Gasteiger charge is 1.98. The number of aromatic nitrogens is 1. The maximum absolute atomic E-state index is 3.49.